The molecule has 4 nitrogen and oxygen atoms in total. The van der Waals surface area contributed by atoms with Gasteiger partial charge in [0.1, 0.15) is 0 Å². The van der Waals surface area contributed by atoms with Crippen LogP contribution >= 0.6 is 0 Å². The molecule has 1 aromatic carbocycles. The Morgan fingerprint density at radius 3 is 2.88 bits per heavy atom. The van der Waals surface area contributed by atoms with E-state index in [2.05, 4.69) is 0 Å². The molecule has 0 bridgehead atoms. The van der Waals surface area contributed by atoms with E-state index in [1.807, 2.05) is 29.7 Å². The maximum absolute atomic E-state index is 11.3. The molecule has 2 rings (SSSR count). The molecular formula is C12H14N2O2. The monoisotopic (exact) mass is 218 g/mol. The molecule has 3 N–H and O–H groups in total. The molecule has 16 heavy (non-hydrogen) atoms. The maximum atomic E-state index is 11.3. The van der Waals surface area contributed by atoms with Crippen molar-refractivity contribution >= 4 is 16.8 Å². The average molecular weight is 218 g/mol. The molecule has 0 aliphatic carbocycles. The molecule has 2 aromatic rings. The van der Waals surface area contributed by atoms with E-state index in [9.17, 15) is 4.79 Å². The third-order valence-electron chi connectivity index (χ3n) is 2.64. The zero-order valence-corrected chi connectivity index (χ0v) is 9.10. The van der Waals surface area contributed by atoms with Crippen molar-refractivity contribution in [2.75, 3.05) is 6.61 Å². The van der Waals surface area contributed by atoms with Gasteiger partial charge in [-0.2, -0.15) is 0 Å². The number of aliphatic hydroxyl groups is 1. The fraction of sp³-hybridized carbons (Fsp3) is 0.250. The van der Waals surface area contributed by atoms with Gasteiger partial charge in [-0.05, 0) is 19.1 Å². The number of aliphatic hydroxyl groups excluding tert-OH is 1. The lowest BCUT2D eigenvalue weighted by molar-refractivity contribution is 0.100. The van der Waals surface area contributed by atoms with Crippen molar-refractivity contribution < 1.29 is 9.90 Å². The number of nitrogens with two attached hydrogens (primary N) is 1. The summed E-state index contributed by atoms with van der Waals surface area (Å²) in [5.74, 6) is -0.438. The van der Waals surface area contributed by atoms with Gasteiger partial charge in [-0.3, -0.25) is 4.79 Å². The quantitative estimate of drug-likeness (QED) is 0.808. The zero-order chi connectivity index (χ0) is 11.7. The number of aryl methyl sites for hydroxylation is 1. The summed E-state index contributed by atoms with van der Waals surface area (Å²) in [6.45, 7) is 2.47. The van der Waals surface area contributed by atoms with Crippen LogP contribution in [0.5, 0.6) is 0 Å². The molecule has 1 heterocycles. The molecular weight excluding hydrogens is 204 g/mol. The number of hydrogen-bond acceptors (Lipinski definition) is 2. The summed E-state index contributed by atoms with van der Waals surface area (Å²) in [6.07, 6.45) is 1.70. The number of hydrogen-bond donors (Lipinski definition) is 2. The molecule has 0 aliphatic heterocycles. The number of carbonyl (C=O) groups excluding carboxylic acids is 1. The van der Waals surface area contributed by atoms with Crippen LogP contribution in [-0.4, -0.2) is 22.2 Å². The van der Waals surface area contributed by atoms with Crippen molar-refractivity contribution in [2.24, 2.45) is 5.73 Å². The molecule has 84 valence electrons. The Labute approximate surface area is 93.3 Å². The van der Waals surface area contributed by atoms with Crippen molar-refractivity contribution in [3.05, 3.63) is 35.5 Å². The number of rotatable bonds is 3. The molecule has 0 atom stereocenters. The second-order valence-electron chi connectivity index (χ2n) is 3.84. The van der Waals surface area contributed by atoms with Crippen molar-refractivity contribution in [1.82, 2.24) is 4.57 Å². The third kappa shape index (κ3) is 1.67. The fourth-order valence-electron chi connectivity index (χ4n) is 1.90. The van der Waals surface area contributed by atoms with Gasteiger partial charge in [0.05, 0.1) is 12.2 Å². The lowest BCUT2D eigenvalue weighted by Crippen LogP contribution is -2.10. The Morgan fingerprint density at radius 2 is 2.25 bits per heavy atom. The van der Waals surface area contributed by atoms with Gasteiger partial charge < -0.3 is 15.4 Å². The molecule has 1 amide bonds. The van der Waals surface area contributed by atoms with Gasteiger partial charge in [0.2, 0.25) is 0 Å². The smallest absolute Gasteiger partial charge is 0.250 e. The number of nitrogens with zero attached hydrogens (tertiary/aromatic N) is 1. The summed E-state index contributed by atoms with van der Waals surface area (Å²) in [5.41, 5.74) is 7.84. The van der Waals surface area contributed by atoms with Gasteiger partial charge in [0, 0.05) is 23.6 Å². The van der Waals surface area contributed by atoms with Gasteiger partial charge >= 0.3 is 0 Å². The molecule has 0 spiro atoms. The molecule has 1 aromatic heterocycles. The van der Waals surface area contributed by atoms with Crippen LogP contribution in [0, 0.1) is 6.92 Å². The first-order valence-electron chi connectivity index (χ1n) is 5.13. The Kier molecular flexibility index (Phi) is 2.66. The van der Waals surface area contributed by atoms with E-state index in [1.165, 1.54) is 0 Å². The molecule has 0 unspecified atom stereocenters. The van der Waals surface area contributed by atoms with E-state index < -0.39 is 5.91 Å². The SMILES string of the molecule is Cc1ccc2c(c1)c(C(N)=O)cn2CCO. The normalized spacial score (nSPS) is 10.9. The van der Waals surface area contributed by atoms with E-state index in [4.69, 9.17) is 10.8 Å². The molecule has 0 saturated heterocycles. The van der Waals surface area contributed by atoms with Crippen LogP contribution in [0.15, 0.2) is 24.4 Å². The van der Waals surface area contributed by atoms with E-state index >= 15 is 0 Å². The van der Waals surface area contributed by atoms with Gasteiger partial charge in [0.15, 0.2) is 0 Å². The largest absolute Gasteiger partial charge is 0.395 e. The first-order chi connectivity index (χ1) is 7.63. The lowest BCUT2D eigenvalue weighted by atomic mass is 10.1. The van der Waals surface area contributed by atoms with Crippen molar-refractivity contribution in [3.63, 3.8) is 0 Å². The third-order valence-corrected chi connectivity index (χ3v) is 2.64. The zero-order valence-electron chi connectivity index (χ0n) is 9.10. The number of primary amides is 1. The first kappa shape index (κ1) is 10.7. The van der Waals surface area contributed by atoms with Crippen molar-refractivity contribution in [2.45, 2.75) is 13.5 Å². The molecule has 0 saturated carbocycles. The Balaban J connectivity index is 2.71. The molecule has 0 aliphatic rings. The lowest BCUT2D eigenvalue weighted by Gasteiger charge is -2.01. The highest BCUT2D eigenvalue weighted by Crippen LogP contribution is 2.22. The summed E-state index contributed by atoms with van der Waals surface area (Å²) in [7, 11) is 0. The Bertz CT molecular complexity index is 543. The molecule has 0 fully saturated rings. The van der Waals surface area contributed by atoms with E-state index in [0.717, 1.165) is 16.5 Å². The number of benzene rings is 1. The minimum atomic E-state index is -0.438. The van der Waals surface area contributed by atoms with Crippen molar-refractivity contribution in [1.29, 1.82) is 0 Å². The van der Waals surface area contributed by atoms with Crippen LogP contribution in [-0.2, 0) is 6.54 Å². The average Bonchev–Trinajstić information content (AvgIpc) is 2.57. The molecule has 0 radical (unpaired) electrons. The van der Waals surface area contributed by atoms with Gasteiger partial charge in [-0.1, -0.05) is 11.6 Å². The van der Waals surface area contributed by atoms with E-state index in [1.54, 1.807) is 6.20 Å². The predicted octanol–water partition coefficient (Wildman–Crippen LogP) is 1.04. The Morgan fingerprint density at radius 1 is 1.50 bits per heavy atom. The van der Waals surface area contributed by atoms with Crippen LogP contribution in [0.4, 0.5) is 0 Å². The highest BCUT2D eigenvalue weighted by atomic mass is 16.3. The summed E-state index contributed by atoms with van der Waals surface area (Å²) in [6, 6.07) is 5.84. The van der Waals surface area contributed by atoms with E-state index in [0.29, 0.717) is 12.1 Å². The van der Waals surface area contributed by atoms with Crippen LogP contribution in [0.25, 0.3) is 10.9 Å². The van der Waals surface area contributed by atoms with Gasteiger partial charge in [-0.25, -0.2) is 0 Å². The summed E-state index contributed by atoms with van der Waals surface area (Å²) in [4.78, 5) is 11.3. The second-order valence-corrected chi connectivity index (χ2v) is 3.84. The first-order valence-corrected chi connectivity index (χ1v) is 5.13. The topological polar surface area (TPSA) is 68.2 Å². The standard InChI is InChI=1S/C12H14N2O2/c1-8-2-3-11-9(6-8)10(12(13)16)7-14(11)4-5-15/h2-3,6-7,15H,4-5H2,1H3,(H2,13,16). The minimum Gasteiger partial charge on any atom is -0.395 e. The van der Waals surface area contributed by atoms with E-state index in [-0.39, 0.29) is 6.61 Å². The highest BCUT2D eigenvalue weighted by molar-refractivity contribution is 6.06. The van der Waals surface area contributed by atoms with Crippen LogP contribution in [0.2, 0.25) is 0 Å². The maximum Gasteiger partial charge on any atom is 0.250 e. The Hall–Kier alpha value is -1.81. The van der Waals surface area contributed by atoms with Crippen LogP contribution in [0.1, 0.15) is 15.9 Å². The van der Waals surface area contributed by atoms with Crippen LogP contribution < -0.4 is 5.73 Å². The minimum absolute atomic E-state index is 0.0376. The summed E-state index contributed by atoms with van der Waals surface area (Å²) in [5, 5.41) is 9.79. The fourth-order valence-corrected chi connectivity index (χ4v) is 1.90. The second kappa shape index (κ2) is 3.98. The number of amides is 1. The van der Waals surface area contributed by atoms with Crippen molar-refractivity contribution in [3.8, 4) is 0 Å². The number of fused-ring (bicyclic) bond motifs is 1. The number of carbonyl (C=O) groups is 1. The summed E-state index contributed by atoms with van der Waals surface area (Å²) < 4.78 is 1.84. The predicted molar refractivity (Wildman–Crippen MR) is 62.3 cm³/mol. The van der Waals surface area contributed by atoms with Gasteiger partial charge in [-0.15, -0.1) is 0 Å². The summed E-state index contributed by atoms with van der Waals surface area (Å²) >= 11 is 0. The molecule has 4 heteroatoms. The van der Waals surface area contributed by atoms with Crippen LogP contribution in [0.3, 0.4) is 0 Å². The highest BCUT2D eigenvalue weighted by Gasteiger charge is 2.12. The van der Waals surface area contributed by atoms with Gasteiger partial charge in [0.25, 0.3) is 5.91 Å². The number of aromatic nitrogens is 1.